The summed E-state index contributed by atoms with van der Waals surface area (Å²) in [4.78, 5) is 7.49. The SMILES string of the molecule is CC/C(C)=C\CN(C[C@H]1Cc2ccccc2CN1)[C@H]1CCCc2cccnc21. The molecule has 1 aromatic heterocycles. The maximum absolute atomic E-state index is 4.82. The minimum Gasteiger partial charge on any atom is -0.308 e. The lowest BCUT2D eigenvalue weighted by Gasteiger charge is -2.38. The van der Waals surface area contributed by atoms with Crippen LogP contribution in [-0.4, -0.2) is 29.0 Å². The van der Waals surface area contributed by atoms with E-state index in [2.05, 4.69) is 66.5 Å². The van der Waals surface area contributed by atoms with Crippen LogP contribution < -0.4 is 5.32 Å². The molecule has 2 aliphatic rings. The van der Waals surface area contributed by atoms with Gasteiger partial charge in [0.1, 0.15) is 0 Å². The third-order valence-corrected chi connectivity index (χ3v) is 6.46. The zero-order valence-corrected chi connectivity index (χ0v) is 17.3. The Bertz CT molecular complexity index is 826. The van der Waals surface area contributed by atoms with Gasteiger partial charge < -0.3 is 5.32 Å². The molecule has 28 heavy (non-hydrogen) atoms. The fraction of sp³-hybridized carbons (Fsp3) is 0.480. The molecule has 0 fully saturated rings. The van der Waals surface area contributed by atoms with Gasteiger partial charge in [-0.05, 0) is 61.8 Å². The van der Waals surface area contributed by atoms with Crippen LogP contribution in [0.1, 0.15) is 61.5 Å². The molecule has 4 rings (SSSR count). The zero-order valence-electron chi connectivity index (χ0n) is 17.3. The van der Waals surface area contributed by atoms with Crippen LogP contribution in [-0.2, 0) is 19.4 Å². The van der Waals surface area contributed by atoms with Crippen molar-refractivity contribution in [3.63, 3.8) is 0 Å². The Labute approximate surface area is 169 Å². The summed E-state index contributed by atoms with van der Waals surface area (Å²) in [7, 11) is 0. The molecule has 0 radical (unpaired) electrons. The molecule has 1 aliphatic heterocycles. The van der Waals surface area contributed by atoms with Gasteiger partial charge in [0.05, 0.1) is 11.7 Å². The monoisotopic (exact) mass is 375 g/mol. The lowest BCUT2D eigenvalue weighted by molar-refractivity contribution is 0.170. The Kier molecular flexibility index (Phi) is 6.23. The van der Waals surface area contributed by atoms with Crippen molar-refractivity contribution in [1.29, 1.82) is 0 Å². The van der Waals surface area contributed by atoms with E-state index in [4.69, 9.17) is 4.98 Å². The van der Waals surface area contributed by atoms with Crippen molar-refractivity contribution in [2.45, 2.75) is 64.6 Å². The van der Waals surface area contributed by atoms with Crippen LogP contribution in [0.3, 0.4) is 0 Å². The number of hydrogen-bond donors (Lipinski definition) is 1. The van der Waals surface area contributed by atoms with Gasteiger partial charge in [-0.25, -0.2) is 0 Å². The van der Waals surface area contributed by atoms with Gasteiger partial charge in [-0.15, -0.1) is 0 Å². The van der Waals surface area contributed by atoms with Gasteiger partial charge in [0, 0.05) is 31.9 Å². The van der Waals surface area contributed by atoms with E-state index in [1.807, 2.05) is 6.20 Å². The number of pyridine rings is 1. The van der Waals surface area contributed by atoms with Gasteiger partial charge in [0.25, 0.3) is 0 Å². The summed E-state index contributed by atoms with van der Waals surface area (Å²) in [6.07, 6.45) is 10.3. The second kappa shape index (κ2) is 9.02. The van der Waals surface area contributed by atoms with E-state index < -0.39 is 0 Å². The number of allylic oxidation sites excluding steroid dienone is 1. The van der Waals surface area contributed by atoms with Crippen molar-refractivity contribution in [1.82, 2.24) is 15.2 Å². The van der Waals surface area contributed by atoms with Gasteiger partial charge in [-0.2, -0.15) is 0 Å². The predicted octanol–water partition coefficient (Wildman–Crippen LogP) is 4.83. The minimum atomic E-state index is 0.435. The molecule has 0 amide bonds. The van der Waals surface area contributed by atoms with E-state index >= 15 is 0 Å². The minimum absolute atomic E-state index is 0.435. The fourth-order valence-electron chi connectivity index (χ4n) is 4.62. The van der Waals surface area contributed by atoms with Gasteiger partial charge in [0.2, 0.25) is 0 Å². The Hall–Kier alpha value is -1.97. The van der Waals surface area contributed by atoms with Crippen molar-refractivity contribution >= 4 is 0 Å². The van der Waals surface area contributed by atoms with Gasteiger partial charge in [0.15, 0.2) is 0 Å². The molecule has 0 spiro atoms. The molecular formula is C25H33N3. The van der Waals surface area contributed by atoms with Crippen LogP contribution in [0.15, 0.2) is 54.2 Å². The Morgan fingerprint density at radius 2 is 2.00 bits per heavy atom. The third kappa shape index (κ3) is 4.37. The Morgan fingerprint density at radius 3 is 2.86 bits per heavy atom. The van der Waals surface area contributed by atoms with Crippen LogP contribution in [0, 0.1) is 0 Å². The predicted molar refractivity (Wildman–Crippen MR) is 116 cm³/mol. The highest BCUT2D eigenvalue weighted by Crippen LogP contribution is 2.33. The molecule has 1 aliphatic carbocycles. The van der Waals surface area contributed by atoms with Gasteiger partial charge in [-0.1, -0.05) is 48.9 Å². The van der Waals surface area contributed by atoms with E-state index in [-0.39, 0.29) is 0 Å². The third-order valence-electron chi connectivity index (χ3n) is 6.46. The number of aromatic nitrogens is 1. The number of hydrogen-bond acceptors (Lipinski definition) is 3. The molecule has 2 aromatic rings. The van der Waals surface area contributed by atoms with Gasteiger partial charge >= 0.3 is 0 Å². The van der Waals surface area contributed by atoms with Crippen molar-refractivity contribution in [3.05, 3.63) is 76.6 Å². The van der Waals surface area contributed by atoms with E-state index in [0.29, 0.717) is 12.1 Å². The molecular weight excluding hydrogens is 342 g/mol. The molecule has 0 saturated heterocycles. The van der Waals surface area contributed by atoms with Crippen molar-refractivity contribution in [2.24, 2.45) is 0 Å². The summed E-state index contributed by atoms with van der Waals surface area (Å²) in [6.45, 7) is 7.56. The number of benzene rings is 1. The number of nitrogens with zero attached hydrogens (tertiary/aromatic N) is 2. The topological polar surface area (TPSA) is 28.2 Å². The summed E-state index contributed by atoms with van der Waals surface area (Å²) >= 11 is 0. The summed E-state index contributed by atoms with van der Waals surface area (Å²) < 4.78 is 0. The standard InChI is InChI=1S/C25H33N3/c1-3-19(2)13-15-28(24-12-6-10-20-11-7-14-26-25(20)24)18-23-16-21-8-4-5-9-22(21)17-27-23/h4-5,7-9,11,13-14,23-24,27H,3,6,10,12,15-18H2,1-2H3/b19-13-/t23-,24+/m1/s1. The second-order valence-electron chi connectivity index (χ2n) is 8.36. The maximum atomic E-state index is 4.82. The van der Waals surface area contributed by atoms with Crippen LogP contribution in [0.2, 0.25) is 0 Å². The first kappa shape index (κ1) is 19.4. The van der Waals surface area contributed by atoms with E-state index in [9.17, 15) is 0 Å². The van der Waals surface area contributed by atoms with Crippen molar-refractivity contribution < 1.29 is 0 Å². The molecule has 2 heterocycles. The zero-order chi connectivity index (χ0) is 19.3. The molecule has 148 valence electrons. The fourth-order valence-corrected chi connectivity index (χ4v) is 4.62. The smallest absolute Gasteiger partial charge is 0.0607 e. The first-order valence-electron chi connectivity index (χ1n) is 10.9. The van der Waals surface area contributed by atoms with E-state index in [1.54, 1.807) is 0 Å². The molecule has 3 nitrogen and oxygen atoms in total. The van der Waals surface area contributed by atoms with Crippen LogP contribution in [0.25, 0.3) is 0 Å². The van der Waals surface area contributed by atoms with Crippen LogP contribution in [0.4, 0.5) is 0 Å². The van der Waals surface area contributed by atoms with Crippen molar-refractivity contribution in [3.8, 4) is 0 Å². The highest BCUT2D eigenvalue weighted by atomic mass is 15.2. The Morgan fingerprint density at radius 1 is 1.18 bits per heavy atom. The van der Waals surface area contributed by atoms with E-state index in [0.717, 1.165) is 32.5 Å². The molecule has 1 N–H and O–H groups in total. The quantitative estimate of drug-likeness (QED) is 0.733. The average molecular weight is 376 g/mol. The number of rotatable bonds is 6. The molecule has 0 saturated carbocycles. The maximum Gasteiger partial charge on any atom is 0.0607 e. The molecule has 2 atom stereocenters. The second-order valence-corrected chi connectivity index (χ2v) is 8.36. The van der Waals surface area contributed by atoms with Crippen LogP contribution in [0.5, 0.6) is 0 Å². The van der Waals surface area contributed by atoms with Crippen molar-refractivity contribution in [2.75, 3.05) is 13.1 Å². The van der Waals surface area contributed by atoms with E-state index in [1.165, 1.54) is 47.2 Å². The molecule has 0 bridgehead atoms. The summed E-state index contributed by atoms with van der Waals surface area (Å²) in [5, 5.41) is 3.79. The highest BCUT2D eigenvalue weighted by molar-refractivity contribution is 5.30. The summed E-state index contributed by atoms with van der Waals surface area (Å²) in [5.74, 6) is 0. The molecule has 1 aromatic carbocycles. The number of nitrogens with one attached hydrogen (secondary N) is 1. The summed E-state index contributed by atoms with van der Waals surface area (Å²) in [5.41, 5.74) is 7.20. The normalized spacial score (nSPS) is 22.0. The summed E-state index contributed by atoms with van der Waals surface area (Å²) in [6, 6.07) is 14.2. The number of fused-ring (bicyclic) bond motifs is 2. The lowest BCUT2D eigenvalue weighted by Crippen LogP contribution is -2.46. The number of aryl methyl sites for hydroxylation is 1. The first-order chi connectivity index (χ1) is 13.7. The first-order valence-corrected chi connectivity index (χ1v) is 10.9. The van der Waals surface area contributed by atoms with Crippen LogP contribution >= 0.6 is 0 Å². The molecule has 0 unspecified atom stereocenters. The largest absolute Gasteiger partial charge is 0.308 e. The average Bonchev–Trinajstić information content (AvgIpc) is 2.76. The lowest BCUT2D eigenvalue weighted by atomic mass is 9.89. The van der Waals surface area contributed by atoms with Gasteiger partial charge in [-0.3, -0.25) is 9.88 Å². The molecule has 3 heteroatoms. The highest BCUT2D eigenvalue weighted by Gasteiger charge is 2.29. The Balaban J connectivity index is 1.55.